The van der Waals surface area contributed by atoms with Crippen LogP contribution in [0, 0.1) is 31.8 Å². The normalized spacial score (nSPS) is 12.9. The van der Waals surface area contributed by atoms with Crippen LogP contribution in [-0.4, -0.2) is 40.8 Å². The minimum absolute atomic E-state index is 0. The average Bonchev–Trinajstić information content (AvgIpc) is 1.57. The van der Waals surface area contributed by atoms with Gasteiger partial charge in [-0.05, 0) is 25.1 Å². The fraction of sp³-hybridized carbons (Fsp3) is 0.270. The molecule has 11 aromatic rings. The van der Waals surface area contributed by atoms with E-state index in [9.17, 15) is 4.39 Å². The molecule has 5 heterocycles. The quantitative estimate of drug-likeness (QED) is 0.123. The Morgan fingerprint density at radius 2 is 1.21 bits per heavy atom. The zero-order chi connectivity index (χ0) is 57.2. The summed E-state index contributed by atoms with van der Waals surface area (Å²) in [6, 6.07) is 60.1. The first-order valence-corrected chi connectivity index (χ1v) is 30.5. The first-order chi connectivity index (χ1) is 38.4. The molecule has 8 heteroatoms. The van der Waals surface area contributed by atoms with E-state index in [1.807, 2.05) is 26.1 Å². The molecule has 0 atom stereocenters. The molecule has 2 aliphatic heterocycles. The van der Waals surface area contributed by atoms with Crippen molar-refractivity contribution < 1.29 is 24.5 Å². The van der Waals surface area contributed by atoms with Crippen LogP contribution in [0.5, 0.6) is 0 Å². The van der Waals surface area contributed by atoms with Crippen molar-refractivity contribution in [3.05, 3.63) is 209 Å². The molecule has 0 fully saturated rings. The minimum atomic E-state index is -0.275. The van der Waals surface area contributed by atoms with Crippen molar-refractivity contribution in [2.24, 2.45) is 0 Å². The zero-order valence-electron chi connectivity index (χ0n) is 50.1. The van der Waals surface area contributed by atoms with Crippen LogP contribution < -0.4 is 25.3 Å². The molecule has 0 spiro atoms. The Hall–Kier alpha value is -6.66. The second-order valence-corrected chi connectivity index (χ2v) is 28.7. The molecular weight excluding hydrogens is 1250 g/mol. The zero-order valence-corrected chi connectivity index (χ0v) is 54.2. The molecular formula is C74H72BFIrN4Se-2. The summed E-state index contributed by atoms with van der Waals surface area (Å²) in [5.74, 6) is 1.36. The molecule has 3 aromatic heterocycles. The van der Waals surface area contributed by atoms with Crippen LogP contribution in [0.3, 0.4) is 0 Å². The second-order valence-electron chi connectivity index (χ2n) is 26.4. The van der Waals surface area contributed by atoms with Crippen molar-refractivity contribution in [2.75, 3.05) is 0 Å². The van der Waals surface area contributed by atoms with Gasteiger partial charge in [0.05, 0.1) is 0 Å². The van der Waals surface area contributed by atoms with Gasteiger partial charge in [0.1, 0.15) is 0 Å². The number of imidazole rings is 1. The third kappa shape index (κ3) is 10.1. The van der Waals surface area contributed by atoms with E-state index in [1.165, 1.54) is 115 Å². The Bertz CT molecular complexity index is 4270. The Morgan fingerprint density at radius 1 is 0.561 bits per heavy atom. The summed E-state index contributed by atoms with van der Waals surface area (Å²) in [5, 5.41) is 2.71. The molecule has 2 aliphatic rings. The third-order valence-electron chi connectivity index (χ3n) is 16.9. The Kier molecular flexibility index (Phi) is 14.8. The number of fused-ring (bicyclic) bond motifs is 8. The SMILES string of the molecule is CC(C)c1cccc(C(C)C)c1-n1c(-c2[c-]cc(-c3cc4c5c(c3)-n3c6ccc(C(C)(C)C)cc6c6cc(C(C)(C)C)cc(c63)B5c3cc(C(C)(C)C)ccc3[Se]4)cc2)nc2ccccc21.Cc1cnc(-c2[c-]cc(F)cc2)cc1C.[Ir]. The molecule has 415 valence electrons. The monoisotopic (exact) mass is 1320 g/mol. The number of rotatable bonds is 6. The van der Waals surface area contributed by atoms with E-state index in [4.69, 9.17) is 4.98 Å². The van der Waals surface area contributed by atoms with Gasteiger partial charge in [0.25, 0.3) is 0 Å². The second kappa shape index (κ2) is 21.2. The van der Waals surface area contributed by atoms with E-state index in [-0.39, 0.29) is 63.8 Å². The van der Waals surface area contributed by atoms with Crippen LogP contribution in [0.25, 0.3) is 78.0 Å². The summed E-state index contributed by atoms with van der Waals surface area (Å²) in [6.45, 7) is 34.6. The maximum Gasteiger partial charge on any atom is 0.0379 e. The van der Waals surface area contributed by atoms with Crippen molar-refractivity contribution >= 4 is 79.8 Å². The van der Waals surface area contributed by atoms with Crippen molar-refractivity contribution in [3.63, 3.8) is 0 Å². The number of aromatic nitrogens is 4. The summed E-state index contributed by atoms with van der Waals surface area (Å²) < 4.78 is 20.7. The van der Waals surface area contributed by atoms with Crippen molar-refractivity contribution in [1.82, 2.24) is 19.1 Å². The van der Waals surface area contributed by atoms with Crippen LogP contribution in [0.4, 0.5) is 4.39 Å². The largest absolute Gasteiger partial charge is 0.304 e. The van der Waals surface area contributed by atoms with Gasteiger partial charge in [0, 0.05) is 32.1 Å². The molecule has 8 aromatic carbocycles. The van der Waals surface area contributed by atoms with Gasteiger partial charge in [-0.15, -0.1) is 29.8 Å². The topological polar surface area (TPSA) is 35.6 Å². The van der Waals surface area contributed by atoms with Crippen molar-refractivity contribution in [2.45, 2.75) is 132 Å². The molecule has 0 aliphatic carbocycles. The van der Waals surface area contributed by atoms with Gasteiger partial charge in [-0.1, -0.05) is 45.4 Å². The fourth-order valence-corrected chi connectivity index (χ4v) is 14.6. The number of aryl methyl sites for hydroxylation is 2. The van der Waals surface area contributed by atoms with Gasteiger partial charge in [0.15, 0.2) is 0 Å². The number of para-hydroxylation sites is 3. The number of pyridine rings is 1. The van der Waals surface area contributed by atoms with Gasteiger partial charge in [-0.3, -0.25) is 4.39 Å². The molecule has 0 unspecified atom stereocenters. The third-order valence-corrected chi connectivity index (χ3v) is 19.3. The number of hydrogen-bond donors (Lipinski definition) is 0. The van der Waals surface area contributed by atoms with Crippen LogP contribution in [0.15, 0.2) is 152 Å². The van der Waals surface area contributed by atoms with Gasteiger partial charge in [0.2, 0.25) is 0 Å². The van der Waals surface area contributed by atoms with Crippen molar-refractivity contribution in [1.29, 1.82) is 0 Å². The van der Waals surface area contributed by atoms with Gasteiger partial charge >= 0.3 is 367 Å². The molecule has 0 bridgehead atoms. The van der Waals surface area contributed by atoms with E-state index < -0.39 is 0 Å². The van der Waals surface area contributed by atoms with E-state index in [2.05, 4.69) is 238 Å². The fourth-order valence-electron chi connectivity index (χ4n) is 12.1. The summed E-state index contributed by atoms with van der Waals surface area (Å²) >= 11 is 0.120. The number of halogens is 1. The number of benzene rings is 8. The van der Waals surface area contributed by atoms with E-state index >= 15 is 0 Å². The predicted octanol–water partition coefficient (Wildman–Crippen LogP) is 15.5. The Balaban J connectivity index is 0.000000382. The Labute approximate surface area is 505 Å². The first kappa shape index (κ1) is 57.2. The van der Waals surface area contributed by atoms with Crippen LogP contribution >= 0.6 is 0 Å². The molecule has 0 N–H and O–H groups in total. The van der Waals surface area contributed by atoms with Crippen LogP contribution in [0.2, 0.25) is 0 Å². The molecule has 0 saturated carbocycles. The van der Waals surface area contributed by atoms with Crippen LogP contribution in [0.1, 0.15) is 141 Å². The predicted molar refractivity (Wildman–Crippen MR) is 343 cm³/mol. The summed E-state index contributed by atoms with van der Waals surface area (Å²) in [7, 11) is 0. The molecule has 0 amide bonds. The molecule has 1 radical (unpaired) electrons. The van der Waals surface area contributed by atoms with Gasteiger partial charge < -0.3 is 4.98 Å². The van der Waals surface area contributed by atoms with Crippen LogP contribution in [-0.2, 0) is 36.4 Å². The molecule has 0 saturated heterocycles. The maximum atomic E-state index is 12.7. The number of nitrogens with zero attached hydrogens (tertiary/aromatic N) is 4. The molecule has 4 nitrogen and oxygen atoms in total. The minimum Gasteiger partial charge on any atom is -0.304 e. The molecule has 13 rings (SSSR count). The summed E-state index contributed by atoms with van der Waals surface area (Å²) in [5.41, 5.74) is 26.0. The van der Waals surface area contributed by atoms with Gasteiger partial charge in [-0.25, -0.2) is 0 Å². The molecule has 82 heavy (non-hydrogen) atoms. The smallest absolute Gasteiger partial charge is 0.0379 e. The number of hydrogen-bond acceptors (Lipinski definition) is 2. The standard InChI is InChI=1S/C61H61BN3Se.C13H11FN.Ir/c1-35(2)43-17-16-18-44(36(3)4)56(43)65-51-20-15-14-19-49(51)63-58(65)38-23-21-37(22-24-38)39-29-52-55-54(30-39)66-53-28-26-41(60(8,9)10)33-47(53)62(55)48-34-42(61(11,12)13)32-46-45-31-40(59(5,6)7)25-27-50(45)64(52)57(46)48;1-9-7-13(15-8-10(9)2)11-3-5-12(14)6-4-11;/h14-23,25-36H,1-13H3;3,5-8H,1-2H3;/q2*-1;. The van der Waals surface area contributed by atoms with Gasteiger partial charge in [-0.2, -0.15) is 0 Å². The average molecular weight is 1320 g/mol. The van der Waals surface area contributed by atoms with E-state index in [0.29, 0.717) is 11.8 Å². The van der Waals surface area contributed by atoms with E-state index in [0.717, 1.165) is 39.2 Å². The van der Waals surface area contributed by atoms with E-state index in [1.54, 1.807) is 6.07 Å². The maximum absolute atomic E-state index is 12.7. The summed E-state index contributed by atoms with van der Waals surface area (Å²) in [6.07, 6.45) is 1.82. The Morgan fingerprint density at radius 3 is 1.85 bits per heavy atom. The first-order valence-electron chi connectivity index (χ1n) is 28.8. The van der Waals surface area contributed by atoms with Crippen molar-refractivity contribution in [3.8, 4) is 45.1 Å². The summed E-state index contributed by atoms with van der Waals surface area (Å²) in [4.78, 5) is 9.63.